The van der Waals surface area contributed by atoms with Crippen molar-refractivity contribution in [3.8, 4) is 5.69 Å². The first-order valence-electron chi connectivity index (χ1n) is 9.54. The summed E-state index contributed by atoms with van der Waals surface area (Å²) in [6.07, 6.45) is 1.83. The molecule has 6 nitrogen and oxygen atoms in total. The minimum absolute atomic E-state index is 0.0555. The van der Waals surface area contributed by atoms with Crippen molar-refractivity contribution in [3.63, 3.8) is 0 Å². The molecule has 0 saturated heterocycles. The predicted octanol–water partition coefficient (Wildman–Crippen LogP) is 4.61. The van der Waals surface area contributed by atoms with Crippen LogP contribution in [0.25, 0.3) is 5.69 Å². The molecule has 0 aliphatic rings. The Hall–Kier alpha value is -3.45. The molecule has 0 unspecified atom stereocenters. The molecule has 7 heteroatoms. The van der Waals surface area contributed by atoms with Crippen LogP contribution >= 0.6 is 11.8 Å². The first-order valence-corrected chi connectivity index (χ1v) is 10.4. The summed E-state index contributed by atoms with van der Waals surface area (Å²) in [6, 6.07) is 22.0. The summed E-state index contributed by atoms with van der Waals surface area (Å²) in [5.74, 6) is -0.0555. The van der Waals surface area contributed by atoms with Crippen molar-refractivity contribution in [1.29, 1.82) is 0 Å². The fourth-order valence-electron chi connectivity index (χ4n) is 2.99. The molecular weight excluding hydrogens is 394 g/mol. The van der Waals surface area contributed by atoms with Crippen LogP contribution in [0.2, 0.25) is 0 Å². The summed E-state index contributed by atoms with van der Waals surface area (Å²) in [4.78, 5) is 14.8. The first-order chi connectivity index (χ1) is 14.6. The van der Waals surface area contributed by atoms with Crippen LogP contribution in [0.4, 0.5) is 5.69 Å². The molecule has 0 fully saturated rings. The number of hydrogen-bond acceptors (Lipinski definition) is 5. The number of nitrogens with one attached hydrogen (secondary N) is 1. The average molecular weight is 416 g/mol. The smallest absolute Gasteiger partial charge is 0.228 e. The quantitative estimate of drug-likeness (QED) is 0.498. The summed E-state index contributed by atoms with van der Waals surface area (Å²) in [6.45, 7) is 4.22. The first kappa shape index (κ1) is 19.8. The van der Waals surface area contributed by atoms with Crippen molar-refractivity contribution < 1.29 is 4.79 Å². The highest BCUT2D eigenvalue weighted by Gasteiger charge is 2.07. The third-order valence-electron chi connectivity index (χ3n) is 4.62. The van der Waals surface area contributed by atoms with E-state index in [0.717, 1.165) is 21.8 Å². The highest BCUT2D eigenvalue weighted by molar-refractivity contribution is 7.99. The van der Waals surface area contributed by atoms with Gasteiger partial charge in [0.05, 0.1) is 12.1 Å². The SMILES string of the molecule is Cc1ccc(C)c(Sc2ccc(NC(=O)Cc3ccc(-n4cnnn4)cc3)cc2)c1. The van der Waals surface area contributed by atoms with Gasteiger partial charge < -0.3 is 5.32 Å². The van der Waals surface area contributed by atoms with Crippen molar-refractivity contribution >= 4 is 23.4 Å². The molecular formula is C23H21N5OS. The van der Waals surface area contributed by atoms with Crippen LogP contribution < -0.4 is 5.32 Å². The lowest BCUT2D eigenvalue weighted by molar-refractivity contribution is -0.115. The van der Waals surface area contributed by atoms with Crippen LogP contribution in [0, 0.1) is 13.8 Å². The van der Waals surface area contributed by atoms with Gasteiger partial charge in [0.25, 0.3) is 0 Å². The fourth-order valence-corrected chi connectivity index (χ4v) is 3.99. The minimum atomic E-state index is -0.0555. The molecule has 0 spiro atoms. The maximum Gasteiger partial charge on any atom is 0.228 e. The molecule has 4 aromatic rings. The third kappa shape index (κ3) is 4.93. The summed E-state index contributed by atoms with van der Waals surface area (Å²) >= 11 is 1.73. The number of aryl methyl sites for hydroxylation is 2. The third-order valence-corrected chi connectivity index (χ3v) is 5.79. The molecule has 4 rings (SSSR count). The van der Waals surface area contributed by atoms with Crippen molar-refractivity contribution in [1.82, 2.24) is 20.2 Å². The van der Waals surface area contributed by atoms with Crippen LogP contribution in [-0.4, -0.2) is 26.1 Å². The van der Waals surface area contributed by atoms with Crippen LogP contribution in [0.15, 0.2) is 82.8 Å². The monoisotopic (exact) mass is 415 g/mol. The van der Waals surface area contributed by atoms with Crippen LogP contribution in [0.1, 0.15) is 16.7 Å². The lowest BCUT2D eigenvalue weighted by Gasteiger charge is -2.09. The molecule has 0 aliphatic carbocycles. The molecule has 30 heavy (non-hydrogen) atoms. The summed E-state index contributed by atoms with van der Waals surface area (Å²) in [5, 5.41) is 14.0. The Bertz CT molecular complexity index is 1140. The predicted molar refractivity (Wildman–Crippen MR) is 118 cm³/mol. The number of aromatic nitrogens is 4. The van der Waals surface area contributed by atoms with Gasteiger partial charge in [-0.15, -0.1) is 5.10 Å². The van der Waals surface area contributed by atoms with E-state index in [-0.39, 0.29) is 5.91 Å². The van der Waals surface area contributed by atoms with Gasteiger partial charge in [0.2, 0.25) is 5.91 Å². The van der Waals surface area contributed by atoms with Crippen molar-refractivity contribution in [2.45, 2.75) is 30.1 Å². The molecule has 1 heterocycles. The van der Waals surface area contributed by atoms with Crippen molar-refractivity contribution in [3.05, 3.63) is 89.7 Å². The second-order valence-electron chi connectivity index (χ2n) is 7.04. The minimum Gasteiger partial charge on any atom is -0.326 e. The Morgan fingerprint density at radius 2 is 1.77 bits per heavy atom. The van der Waals surface area contributed by atoms with E-state index in [4.69, 9.17) is 0 Å². The highest BCUT2D eigenvalue weighted by Crippen LogP contribution is 2.31. The average Bonchev–Trinajstić information content (AvgIpc) is 3.27. The van der Waals surface area contributed by atoms with Gasteiger partial charge in [-0.3, -0.25) is 4.79 Å². The van der Waals surface area contributed by atoms with E-state index in [9.17, 15) is 4.79 Å². The van der Waals surface area contributed by atoms with Gasteiger partial charge in [-0.2, -0.15) is 0 Å². The van der Waals surface area contributed by atoms with E-state index in [1.807, 2.05) is 48.5 Å². The maximum absolute atomic E-state index is 12.4. The van der Waals surface area contributed by atoms with E-state index in [0.29, 0.717) is 6.42 Å². The second kappa shape index (κ2) is 8.92. The number of anilines is 1. The summed E-state index contributed by atoms with van der Waals surface area (Å²) in [5.41, 5.74) is 5.06. The normalized spacial score (nSPS) is 10.7. The van der Waals surface area contributed by atoms with E-state index in [1.165, 1.54) is 22.3 Å². The zero-order valence-electron chi connectivity index (χ0n) is 16.7. The summed E-state index contributed by atoms with van der Waals surface area (Å²) < 4.78 is 1.57. The number of rotatable bonds is 6. The molecule has 0 bridgehead atoms. The number of benzene rings is 3. The number of nitrogens with zero attached hydrogens (tertiary/aromatic N) is 4. The van der Waals surface area contributed by atoms with Crippen molar-refractivity contribution in [2.75, 3.05) is 5.32 Å². The van der Waals surface area contributed by atoms with Crippen molar-refractivity contribution in [2.24, 2.45) is 0 Å². The van der Waals surface area contributed by atoms with Crippen LogP contribution in [0.5, 0.6) is 0 Å². The molecule has 0 radical (unpaired) electrons. The zero-order chi connectivity index (χ0) is 20.9. The number of amides is 1. The number of hydrogen-bond donors (Lipinski definition) is 1. The Labute approximate surface area is 179 Å². The molecule has 0 aliphatic heterocycles. The lowest BCUT2D eigenvalue weighted by atomic mass is 10.1. The highest BCUT2D eigenvalue weighted by atomic mass is 32.2. The number of carbonyl (C=O) groups is 1. The largest absolute Gasteiger partial charge is 0.326 e. The van der Waals surface area contributed by atoms with Gasteiger partial charge in [-0.25, -0.2) is 4.68 Å². The second-order valence-corrected chi connectivity index (χ2v) is 8.16. The Morgan fingerprint density at radius 1 is 1.00 bits per heavy atom. The molecule has 1 amide bonds. The van der Waals surface area contributed by atoms with E-state index in [1.54, 1.807) is 16.4 Å². The van der Waals surface area contributed by atoms with Gasteiger partial charge >= 0.3 is 0 Å². The Morgan fingerprint density at radius 3 is 2.47 bits per heavy atom. The molecule has 0 atom stereocenters. The van der Waals surface area contributed by atoms with E-state index >= 15 is 0 Å². The lowest BCUT2D eigenvalue weighted by Crippen LogP contribution is -2.14. The van der Waals surface area contributed by atoms with E-state index < -0.39 is 0 Å². The number of tetrazole rings is 1. The van der Waals surface area contributed by atoms with Gasteiger partial charge in [0.15, 0.2) is 0 Å². The zero-order valence-corrected chi connectivity index (χ0v) is 17.6. The Balaban J connectivity index is 1.35. The Kier molecular flexibility index (Phi) is 5.90. The molecule has 150 valence electrons. The number of carbonyl (C=O) groups excluding carboxylic acids is 1. The molecule has 3 aromatic carbocycles. The van der Waals surface area contributed by atoms with Gasteiger partial charge in [0, 0.05) is 15.5 Å². The maximum atomic E-state index is 12.4. The van der Waals surface area contributed by atoms with Crippen LogP contribution in [-0.2, 0) is 11.2 Å². The topological polar surface area (TPSA) is 72.7 Å². The van der Waals surface area contributed by atoms with Gasteiger partial charge in [-0.1, -0.05) is 36.0 Å². The molecule has 0 saturated carbocycles. The molecule has 1 N–H and O–H groups in total. The molecule has 1 aromatic heterocycles. The van der Waals surface area contributed by atoms with E-state index in [2.05, 4.69) is 52.9 Å². The van der Waals surface area contributed by atoms with Gasteiger partial charge in [0.1, 0.15) is 6.33 Å². The van der Waals surface area contributed by atoms with Crippen LogP contribution in [0.3, 0.4) is 0 Å². The standard InChI is InChI=1S/C23H21N5OS/c1-16-3-4-17(2)22(13-16)30-21-11-7-19(8-12-21)25-23(29)14-18-5-9-20(10-6-18)28-15-24-26-27-28/h3-13,15H,14H2,1-2H3,(H,25,29). The summed E-state index contributed by atoms with van der Waals surface area (Å²) in [7, 11) is 0. The fraction of sp³-hybridized carbons (Fsp3) is 0.130. The van der Waals surface area contributed by atoms with Gasteiger partial charge in [-0.05, 0) is 83.4 Å².